The third kappa shape index (κ3) is 3.48. The summed E-state index contributed by atoms with van der Waals surface area (Å²) in [5.41, 5.74) is 2.50. The number of ether oxygens (including phenoxy) is 1. The number of rotatable bonds is 3. The summed E-state index contributed by atoms with van der Waals surface area (Å²) in [6.45, 7) is 1.45. The number of amides is 1. The van der Waals surface area contributed by atoms with Crippen LogP contribution in [0.1, 0.15) is 18.1 Å². The highest BCUT2D eigenvalue weighted by Crippen LogP contribution is 2.24. The fraction of sp³-hybridized carbons (Fsp3) is 0.0455. The average Bonchev–Trinajstić information content (AvgIpc) is 3.03. The van der Waals surface area contributed by atoms with Crippen molar-refractivity contribution in [3.8, 4) is 0 Å². The summed E-state index contributed by atoms with van der Waals surface area (Å²) >= 11 is 0. The van der Waals surface area contributed by atoms with Crippen molar-refractivity contribution in [2.75, 3.05) is 5.32 Å². The summed E-state index contributed by atoms with van der Waals surface area (Å²) < 4.78 is 5.32. The van der Waals surface area contributed by atoms with Crippen LogP contribution < -0.4 is 5.32 Å². The summed E-state index contributed by atoms with van der Waals surface area (Å²) in [6, 6.07) is 20.8. The van der Waals surface area contributed by atoms with Crippen molar-refractivity contribution in [1.82, 2.24) is 0 Å². The maximum absolute atomic E-state index is 12.2. The van der Waals surface area contributed by atoms with Gasteiger partial charge in [0.05, 0.1) is 0 Å². The molecule has 132 valence electrons. The molecule has 0 atom stereocenters. The Bertz CT molecular complexity index is 1110. The molecule has 0 aliphatic carbocycles. The molecule has 0 unspecified atom stereocenters. The number of cyclic esters (lactones) is 1. The van der Waals surface area contributed by atoms with Gasteiger partial charge in [0.2, 0.25) is 11.8 Å². The van der Waals surface area contributed by atoms with E-state index in [1.165, 1.54) is 6.92 Å². The van der Waals surface area contributed by atoms with Gasteiger partial charge in [-0.05, 0) is 46.7 Å². The van der Waals surface area contributed by atoms with E-state index in [1.807, 2.05) is 42.5 Å². The number of aliphatic imine (C=N–C) groups is 1. The van der Waals surface area contributed by atoms with Gasteiger partial charge in [-0.15, -0.1) is 0 Å². The van der Waals surface area contributed by atoms with Gasteiger partial charge in [-0.3, -0.25) is 4.79 Å². The Hall–Kier alpha value is -3.73. The van der Waals surface area contributed by atoms with Gasteiger partial charge in [-0.2, -0.15) is 0 Å². The minimum absolute atomic E-state index is 0.146. The predicted molar refractivity (Wildman–Crippen MR) is 105 cm³/mol. The van der Waals surface area contributed by atoms with E-state index in [2.05, 4.69) is 10.3 Å². The van der Waals surface area contributed by atoms with E-state index in [4.69, 9.17) is 4.74 Å². The Morgan fingerprint density at radius 1 is 1.00 bits per heavy atom. The van der Waals surface area contributed by atoms with E-state index >= 15 is 0 Å². The summed E-state index contributed by atoms with van der Waals surface area (Å²) in [7, 11) is 0. The van der Waals surface area contributed by atoms with Crippen molar-refractivity contribution >= 4 is 40.3 Å². The van der Waals surface area contributed by atoms with Crippen LogP contribution >= 0.6 is 0 Å². The standard InChI is InChI=1S/C22H16N2O3/c1-14(25)23-18-11-9-16(10-12-18)21-24-20(22(26)27-21)13-17-7-4-6-15-5-2-3-8-19(15)17/h2-13H,1H3,(H,23,25). The van der Waals surface area contributed by atoms with E-state index in [0.717, 1.165) is 16.3 Å². The molecule has 0 aromatic heterocycles. The minimum Gasteiger partial charge on any atom is -0.402 e. The third-order valence-electron chi connectivity index (χ3n) is 4.19. The third-order valence-corrected chi connectivity index (χ3v) is 4.19. The summed E-state index contributed by atoms with van der Waals surface area (Å²) in [4.78, 5) is 27.7. The topological polar surface area (TPSA) is 67.8 Å². The second-order valence-corrected chi connectivity index (χ2v) is 6.16. The van der Waals surface area contributed by atoms with Crippen LogP contribution in [-0.2, 0) is 14.3 Å². The summed E-state index contributed by atoms with van der Waals surface area (Å²) in [5, 5.41) is 4.83. The molecule has 0 bridgehead atoms. The Kier molecular flexibility index (Phi) is 4.26. The molecule has 0 fully saturated rings. The molecule has 27 heavy (non-hydrogen) atoms. The second-order valence-electron chi connectivity index (χ2n) is 6.16. The highest BCUT2D eigenvalue weighted by molar-refractivity contribution is 6.13. The van der Waals surface area contributed by atoms with E-state index < -0.39 is 5.97 Å². The number of carbonyl (C=O) groups is 2. The number of fused-ring (bicyclic) bond motifs is 1. The second kappa shape index (κ2) is 6.88. The Morgan fingerprint density at radius 2 is 1.74 bits per heavy atom. The Balaban J connectivity index is 1.66. The van der Waals surface area contributed by atoms with Crippen molar-refractivity contribution in [3.05, 3.63) is 83.6 Å². The first-order valence-corrected chi connectivity index (χ1v) is 8.48. The highest BCUT2D eigenvalue weighted by Gasteiger charge is 2.24. The van der Waals surface area contributed by atoms with E-state index in [0.29, 0.717) is 11.3 Å². The molecule has 5 nitrogen and oxygen atoms in total. The maximum atomic E-state index is 12.2. The maximum Gasteiger partial charge on any atom is 0.363 e. The zero-order valence-electron chi connectivity index (χ0n) is 14.6. The van der Waals surface area contributed by atoms with Crippen LogP contribution in [0.2, 0.25) is 0 Å². The smallest absolute Gasteiger partial charge is 0.363 e. The van der Waals surface area contributed by atoms with Gasteiger partial charge in [-0.25, -0.2) is 9.79 Å². The largest absolute Gasteiger partial charge is 0.402 e. The molecular formula is C22H16N2O3. The minimum atomic E-state index is -0.483. The van der Waals surface area contributed by atoms with Crippen molar-refractivity contribution in [2.24, 2.45) is 4.99 Å². The van der Waals surface area contributed by atoms with Crippen molar-refractivity contribution in [3.63, 3.8) is 0 Å². The van der Waals surface area contributed by atoms with Crippen molar-refractivity contribution in [2.45, 2.75) is 6.92 Å². The molecule has 5 heteroatoms. The van der Waals surface area contributed by atoms with Crippen LogP contribution in [0.5, 0.6) is 0 Å². The number of nitrogens with zero attached hydrogens (tertiary/aromatic N) is 1. The van der Waals surface area contributed by atoms with Crippen LogP contribution in [0.15, 0.2) is 77.4 Å². The van der Waals surface area contributed by atoms with Gasteiger partial charge in [0.25, 0.3) is 0 Å². The van der Waals surface area contributed by atoms with Gasteiger partial charge in [-0.1, -0.05) is 42.5 Å². The van der Waals surface area contributed by atoms with E-state index in [1.54, 1.807) is 30.3 Å². The summed E-state index contributed by atoms with van der Waals surface area (Å²) in [6.07, 6.45) is 1.74. The zero-order chi connectivity index (χ0) is 18.8. The van der Waals surface area contributed by atoms with Crippen molar-refractivity contribution < 1.29 is 14.3 Å². The van der Waals surface area contributed by atoms with Gasteiger partial charge < -0.3 is 10.1 Å². The number of carbonyl (C=O) groups excluding carboxylic acids is 2. The molecular weight excluding hydrogens is 340 g/mol. The molecule has 0 saturated heterocycles. The van der Waals surface area contributed by atoms with Crippen molar-refractivity contribution in [1.29, 1.82) is 0 Å². The normalized spacial score (nSPS) is 14.9. The zero-order valence-corrected chi connectivity index (χ0v) is 14.6. The first kappa shape index (κ1) is 16.7. The molecule has 1 aliphatic rings. The predicted octanol–water partition coefficient (Wildman–Crippen LogP) is 4.14. The van der Waals surface area contributed by atoms with Crippen LogP contribution in [0.3, 0.4) is 0 Å². The quantitative estimate of drug-likeness (QED) is 0.566. The van der Waals surface area contributed by atoms with Gasteiger partial charge in [0.1, 0.15) is 0 Å². The monoisotopic (exact) mass is 356 g/mol. The fourth-order valence-corrected chi connectivity index (χ4v) is 2.96. The van der Waals surface area contributed by atoms with Gasteiger partial charge in [0.15, 0.2) is 5.70 Å². The van der Waals surface area contributed by atoms with Gasteiger partial charge in [0, 0.05) is 18.2 Å². The van der Waals surface area contributed by atoms with Crippen LogP contribution in [0.4, 0.5) is 5.69 Å². The first-order chi connectivity index (χ1) is 13.1. The van der Waals surface area contributed by atoms with Crippen LogP contribution in [-0.4, -0.2) is 17.8 Å². The Morgan fingerprint density at radius 3 is 2.52 bits per heavy atom. The molecule has 1 N–H and O–H groups in total. The van der Waals surface area contributed by atoms with E-state index in [9.17, 15) is 9.59 Å². The molecule has 1 heterocycles. The SMILES string of the molecule is CC(=O)Nc1ccc(C2=NC(=Cc3cccc4ccccc34)C(=O)O2)cc1. The molecule has 3 aromatic rings. The molecule has 4 rings (SSSR count). The first-order valence-electron chi connectivity index (χ1n) is 8.48. The molecule has 0 radical (unpaired) electrons. The lowest BCUT2D eigenvalue weighted by molar-refractivity contribution is -0.129. The molecule has 1 amide bonds. The number of nitrogens with one attached hydrogen (secondary N) is 1. The number of hydrogen-bond acceptors (Lipinski definition) is 4. The fourth-order valence-electron chi connectivity index (χ4n) is 2.96. The average molecular weight is 356 g/mol. The number of esters is 1. The number of hydrogen-bond donors (Lipinski definition) is 1. The lowest BCUT2D eigenvalue weighted by Crippen LogP contribution is -2.07. The summed E-state index contributed by atoms with van der Waals surface area (Å²) in [5.74, 6) is -0.377. The molecule has 0 saturated carbocycles. The van der Waals surface area contributed by atoms with Crippen LogP contribution in [0.25, 0.3) is 16.8 Å². The number of benzene rings is 3. The molecule has 3 aromatic carbocycles. The van der Waals surface area contributed by atoms with Crippen LogP contribution in [0, 0.1) is 0 Å². The van der Waals surface area contributed by atoms with E-state index in [-0.39, 0.29) is 17.5 Å². The molecule has 1 aliphatic heterocycles. The van der Waals surface area contributed by atoms with Gasteiger partial charge >= 0.3 is 5.97 Å². The molecule has 0 spiro atoms. The highest BCUT2D eigenvalue weighted by atomic mass is 16.6. The lowest BCUT2D eigenvalue weighted by Gasteiger charge is -2.03. The Labute approximate surface area is 156 Å². The number of anilines is 1. The lowest BCUT2D eigenvalue weighted by atomic mass is 10.0.